The van der Waals surface area contributed by atoms with Crippen LogP contribution in [0.15, 0.2) is 0 Å². The van der Waals surface area contributed by atoms with E-state index >= 15 is 0 Å². The summed E-state index contributed by atoms with van der Waals surface area (Å²) in [7, 11) is -4.37. The van der Waals surface area contributed by atoms with Crippen molar-refractivity contribution in [2.75, 3.05) is 26.4 Å². The molecule has 56 heavy (non-hydrogen) atoms. The Morgan fingerprint density at radius 3 is 1.09 bits per heavy atom. The smallest absolute Gasteiger partial charge is 0.462 e. The minimum Gasteiger partial charge on any atom is -0.462 e. The van der Waals surface area contributed by atoms with Gasteiger partial charge in [-0.1, -0.05) is 226 Å². The molecule has 0 aliphatic rings. The summed E-state index contributed by atoms with van der Waals surface area (Å²) in [6, 6.07) is 0. The molecule has 0 bridgehead atoms. The third-order valence-electron chi connectivity index (χ3n) is 10.7. The predicted octanol–water partition coefficient (Wildman–Crippen LogP) is 14.0. The van der Waals surface area contributed by atoms with Gasteiger partial charge >= 0.3 is 19.8 Å². The lowest BCUT2D eigenvalue weighted by Gasteiger charge is -2.19. The molecule has 0 saturated heterocycles. The molecule has 0 aliphatic carbocycles. The second kappa shape index (κ2) is 43.6. The first-order valence-electron chi connectivity index (χ1n) is 24.0. The first-order chi connectivity index (χ1) is 27.3. The van der Waals surface area contributed by atoms with Crippen molar-refractivity contribution < 1.29 is 37.6 Å². The number of hydrogen-bond donors (Lipinski definition) is 2. The van der Waals surface area contributed by atoms with Crippen LogP contribution in [0.1, 0.15) is 251 Å². The Bertz CT molecular complexity index is 891. The molecule has 0 heterocycles. The molecule has 0 fully saturated rings. The van der Waals surface area contributed by atoms with Crippen molar-refractivity contribution in [2.24, 2.45) is 5.73 Å². The molecule has 2 atom stereocenters. The average molecular weight is 818 g/mol. The lowest BCUT2D eigenvalue weighted by molar-refractivity contribution is -0.161. The highest BCUT2D eigenvalue weighted by atomic mass is 31.2. The van der Waals surface area contributed by atoms with Crippen LogP contribution in [-0.2, 0) is 32.7 Å². The summed E-state index contributed by atoms with van der Waals surface area (Å²) in [5, 5.41) is 0. The first-order valence-corrected chi connectivity index (χ1v) is 25.5. The fraction of sp³-hybridized carbons (Fsp3) is 0.957. The van der Waals surface area contributed by atoms with Crippen LogP contribution >= 0.6 is 7.82 Å². The van der Waals surface area contributed by atoms with Crippen LogP contribution in [0.25, 0.3) is 0 Å². The van der Waals surface area contributed by atoms with Crippen LogP contribution in [0.4, 0.5) is 0 Å². The molecule has 3 N–H and O–H groups in total. The van der Waals surface area contributed by atoms with Crippen molar-refractivity contribution in [1.82, 2.24) is 0 Å². The zero-order valence-corrected chi connectivity index (χ0v) is 37.8. The minimum atomic E-state index is -4.37. The van der Waals surface area contributed by atoms with E-state index in [1.54, 1.807) is 0 Å². The van der Waals surface area contributed by atoms with Crippen LogP contribution in [0.3, 0.4) is 0 Å². The number of nitrogens with two attached hydrogens (primary N) is 1. The highest BCUT2D eigenvalue weighted by molar-refractivity contribution is 7.47. The minimum absolute atomic E-state index is 0.0583. The van der Waals surface area contributed by atoms with E-state index in [1.165, 1.54) is 186 Å². The molecule has 0 aromatic rings. The normalized spacial score (nSPS) is 13.1. The lowest BCUT2D eigenvalue weighted by atomic mass is 10.0. The van der Waals surface area contributed by atoms with Gasteiger partial charge in [-0.25, -0.2) is 4.57 Å². The molecule has 0 aromatic carbocycles. The van der Waals surface area contributed by atoms with Gasteiger partial charge in [0.25, 0.3) is 0 Å². The third-order valence-corrected chi connectivity index (χ3v) is 11.7. The van der Waals surface area contributed by atoms with Crippen molar-refractivity contribution in [3.8, 4) is 0 Å². The summed E-state index contributed by atoms with van der Waals surface area (Å²) in [6.07, 6.45) is 44.2. The maximum atomic E-state index is 12.6. The van der Waals surface area contributed by atoms with Gasteiger partial charge in [0, 0.05) is 19.4 Å². The number of rotatable bonds is 46. The standard InChI is InChI=1S/C46H92NO8P/c1-3-5-7-9-11-13-15-17-19-21-23-24-26-28-30-32-34-36-38-45(48)52-42-44(43-54-56(50,51)53-41-40-47)55-46(49)39-37-35-33-31-29-27-25-22-20-18-16-14-12-10-8-6-4-2/h44H,3-43,47H2,1-2H3,(H,50,51)/t44-/m1/s1. The fourth-order valence-electron chi connectivity index (χ4n) is 7.17. The van der Waals surface area contributed by atoms with Crippen LogP contribution in [-0.4, -0.2) is 49.3 Å². The SMILES string of the molecule is CCCCCCCCCCCCCCCCCCCCC(=O)OC[C@H](COP(=O)(O)OCCN)OC(=O)CCCCCCCCCCCCCCCCCCC. The summed E-state index contributed by atoms with van der Waals surface area (Å²) in [6.45, 7) is 3.79. The molecule has 0 saturated carbocycles. The van der Waals surface area contributed by atoms with E-state index in [2.05, 4.69) is 13.8 Å². The predicted molar refractivity (Wildman–Crippen MR) is 234 cm³/mol. The Kier molecular flexibility index (Phi) is 42.8. The monoisotopic (exact) mass is 818 g/mol. The van der Waals surface area contributed by atoms with Gasteiger partial charge in [0.1, 0.15) is 6.61 Å². The highest BCUT2D eigenvalue weighted by Crippen LogP contribution is 2.43. The number of ether oxygens (including phenoxy) is 2. The van der Waals surface area contributed by atoms with Crippen LogP contribution < -0.4 is 5.73 Å². The molecule has 1 unspecified atom stereocenters. The molecule has 334 valence electrons. The van der Waals surface area contributed by atoms with Crippen molar-refractivity contribution in [2.45, 2.75) is 258 Å². The summed E-state index contributed by atoms with van der Waals surface area (Å²) in [5.41, 5.74) is 5.36. The molecule has 10 heteroatoms. The number of hydrogen-bond acceptors (Lipinski definition) is 8. The van der Waals surface area contributed by atoms with Crippen LogP contribution in [0, 0.1) is 0 Å². The Morgan fingerprint density at radius 1 is 0.464 bits per heavy atom. The van der Waals surface area contributed by atoms with E-state index in [0.29, 0.717) is 6.42 Å². The van der Waals surface area contributed by atoms with Crippen LogP contribution in [0.5, 0.6) is 0 Å². The number of carbonyl (C=O) groups excluding carboxylic acids is 2. The average Bonchev–Trinajstić information content (AvgIpc) is 3.18. The van der Waals surface area contributed by atoms with Gasteiger partial charge < -0.3 is 20.1 Å². The van der Waals surface area contributed by atoms with Gasteiger partial charge in [-0.05, 0) is 12.8 Å². The Hall–Kier alpha value is -0.990. The zero-order chi connectivity index (χ0) is 41.1. The van der Waals surface area contributed by atoms with E-state index in [4.69, 9.17) is 24.3 Å². The van der Waals surface area contributed by atoms with Gasteiger partial charge in [-0.2, -0.15) is 0 Å². The number of esters is 2. The van der Waals surface area contributed by atoms with Crippen molar-refractivity contribution >= 4 is 19.8 Å². The van der Waals surface area contributed by atoms with Crippen LogP contribution in [0.2, 0.25) is 0 Å². The molecule has 0 amide bonds. The second-order valence-corrected chi connectivity index (χ2v) is 17.8. The van der Waals surface area contributed by atoms with Gasteiger partial charge in [0.2, 0.25) is 0 Å². The second-order valence-electron chi connectivity index (χ2n) is 16.3. The van der Waals surface area contributed by atoms with Gasteiger partial charge in [-0.15, -0.1) is 0 Å². The number of carbonyl (C=O) groups is 2. The number of phosphoric ester groups is 1. The molecule has 0 radical (unpaired) electrons. The maximum absolute atomic E-state index is 12.6. The highest BCUT2D eigenvalue weighted by Gasteiger charge is 2.26. The quantitative estimate of drug-likeness (QED) is 0.0350. The van der Waals surface area contributed by atoms with Gasteiger partial charge in [0.05, 0.1) is 13.2 Å². The summed E-state index contributed by atoms with van der Waals surface area (Å²) in [5.74, 6) is -0.808. The van der Waals surface area contributed by atoms with E-state index in [-0.39, 0.29) is 38.6 Å². The maximum Gasteiger partial charge on any atom is 0.472 e. The molecule has 9 nitrogen and oxygen atoms in total. The molecule has 0 spiro atoms. The summed E-state index contributed by atoms with van der Waals surface area (Å²) in [4.78, 5) is 35.0. The molecule has 0 rings (SSSR count). The topological polar surface area (TPSA) is 134 Å². The third kappa shape index (κ3) is 42.6. The lowest BCUT2D eigenvalue weighted by Crippen LogP contribution is -2.29. The largest absolute Gasteiger partial charge is 0.472 e. The zero-order valence-electron chi connectivity index (χ0n) is 36.9. The van der Waals surface area contributed by atoms with Crippen molar-refractivity contribution in [3.63, 3.8) is 0 Å². The van der Waals surface area contributed by atoms with E-state index < -0.39 is 26.5 Å². The van der Waals surface area contributed by atoms with E-state index in [1.807, 2.05) is 0 Å². The van der Waals surface area contributed by atoms with Gasteiger partial charge in [0.15, 0.2) is 6.10 Å². The molecule has 0 aliphatic heterocycles. The Balaban J connectivity index is 4.03. The molecular formula is C46H92NO8P. The van der Waals surface area contributed by atoms with Crippen molar-refractivity contribution in [3.05, 3.63) is 0 Å². The molecule has 0 aromatic heterocycles. The van der Waals surface area contributed by atoms with E-state index in [0.717, 1.165) is 32.1 Å². The summed E-state index contributed by atoms with van der Waals surface area (Å²) >= 11 is 0. The van der Waals surface area contributed by atoms with Gasteiger partial charge in [-0.3, -0.25) is 18.6 Å². The number of phosphoric acid groups is 1. The summed E-state index contributed by atoms with van der Waals surface area (Å²) < 4.78 is 32.9. The first kappa shape index (κ1) is 55.0. The number of unbranched alkanes of at least 4 members (excludes halogenated alkanes) is 33. The Morgan fingerprint density at radius 2 is 0.768 bits per heavy atom. The fourth-order valence-corrected chi connectivity index (χ4v) is 7.93. The Labute approximate surface area is 346 Å². The van der Waals surface area contributed by atoms with E-state index in [9.17, 15) is 19.0 Å². The van der Waals surface area contributed by atoms with Crippen molar-refractivity contribution in [1.29, 1.82) is 0 Å². The molecular weight excluding hydrogens is 725 g/mol.